The third-order valence-corrected chi connectivity index (χ3v) is 4.66. The van der Waals surface area contributed by atoms with Crippen LogP contribution in [0.2, 0.25) is 0 Å². The van der Waals surface area contributed by atoms with E-state index in [0.717, 1.165) is 16.1 Å². The van der Waals surface area contributed by atoms with E-state index in [0.29, 0.717) is 22.3 Å². The Morgan fingerprint density at radius 3 is 2.62 bits per heavy atom. The van der Waals surface area contributed by atoms with Gasteiger partial charge in [0.15, 0.2) is 17.3 Å². The average Bonchev–Trinajstić information content (AvgIpc) is 3.29. The molecule has 0 radical (unpaired) electrons. The molecule has 6 nitrogen and oxygen atoms in total. The Kier molecular flexibility index (Phi) is 2.80. The number of benzene rings is 2. The van der Waals surface area contributed by atoms with Gasteiger partial charge in [-0.25, -0.2) is 4.39 Å². The van der Waals surface area contributed by atoms with Crippen molar-refractivity contribution in [2.24, 2.45) is 0 Å². The number of ether oxygens (including phenoxy) is 2. The first-order valence-electron chi connectivity index (χ1n) is 7.16. The van der Waals surface area contributed by atoms with Gasteiger partial charge >= 0.3 is 0 Å². The second kappa shape index (κ2) is 5.00. The molecule has 0 amide bonds. The standard InChI is InChI=1S/C16H9FN4O2S/c17-11-4-1-9(2-5-11)15-20-21-14(18-19-16(21)24-15)10-3-6-12-13(7-10)23-8-22-12/h1-7H,8H2. The van der Waals surface area contributed by atoms with Crippen LogP contribution < -0.4 is 9.47 Å². The zero-order chi connectivity index (χ0) is 16.1. The van der Waals surface area contributed by atoms with E-state index in [1.54, 1.807) is 16.6 Å². The fraction of sp³-hybridized carbons (Fsp3) is 0.0625. The van der Waals surface area contributed by atoms with Crippen LogP contribution in [0.4, 0.5) is 4.39 Å². The lowest BCUT2D eigenvalue weighted by atomic mass is 10.2. The summed E-state index contributed by atoms with van der Waals surface area (Å²) in [6.07, 6.45) is 0. The third-order valence-electron chi connectivity index (χ3n) is 3.71. The van der Waals surface area contributed by atoms with Gasteiger partial charge in [0.05, 0.1) is 0 Å². The van der Waals surface area contributed by atoms with E-state index in [-0.39, 0.29) is 12.6 Å². The molecule has 2 aromatic carbocycles. The molecule has 0 saturated heterocycles. The topological polar surface area (TPSA) is 61.5 Å². The summed E-state index contributed by atoms with van der Waals surface area (Å²) in [6.45, 7) is 0.222. The summed E-state index contributed by atoms with van der Waals surface area (Å²) in [4.78, 5) is 0.669. The monoisotopic (exact) mass is 340 g/mol. The molecule has 8 heteroatoms. The Hall–Kier alpha value is -3.00. The van der Waals surface area contributed by atoms with Crippen molar-refractivity contribution in [1.29, 1.82) is 0 Å². The van der Waals surface area contributed by atoms with Gasteiger partial charge in [0.2, 0.25) is 11.8 Å². The van der Waals surface area contributed by atoms with Crippen LogP contribution in [0.3, 0.4) is 0 Å². The molecule has 0 saturated carbocycles. The van der Waals surface area contributed by atoms with Gasteiger partial charge in [-0.1, -0.05) is 11.3 Å². The number of halogens is 1. The maximum absolute atomic E-state index is 13.1. The smallest absolute Gasteiger partial charge is 0.235 e. The maximum Gasteiger partial charge on any atom is 0.235 e. The summed E-state index contributed by atoms with van der Waals surface area (Å²) in [7, 11) is 0. The normalized spacial score (nSPS) is 12.9. The molecule has 24 heavy (non-hydrogen) atoms. The van der Waals surface area contributed by atoms with Crippen LogP contribution in [0.1, 0.15) is 0 Å². The Labute approximate surface area is 139 Å². The third kappa shape index (κ3) is 2.04. The molecule has 0 unspecified atom stereocenters. The van der Waals surface area contributed by atoms with Gasteiger partial charge in [0.1, 0.15) is 10.8 Å². The van der Waals surface area contributed by atoms with Gasteiger partial charge in [-0.2, -0.15) is 9.61 Å². The van der Waals surface area contributed by atoms with E-state index in [9.17, 15) is 4.39 Å². The van der Waals surface area contributed by atoms with E-state index in [1.165, 1.54) is 23.5 Å². The molecule has 0 spiro atoms. The van der Waals surface area contributed by atoms with E-state index in [2.05, 4.69) is 15.3 Å². The molecule has 4 aromatic rings. The summed E-state index contributed by atoms with van der Waals surface area (Å²) in [5.41, 5.74) is 1.67. The highest BCUT2D eigenvalue weighted by Gasteiger charge is 2.18. The SMILES string of the molecule is Fc1ccc(-c2nn3c(-c4ccc5c(c4)OCO5)nnc3s2)cc1. The summed E-state index contributed by atoms with van der Waals surface area (Å²) < 4.78 is 25.5. The van der Waals surface area contributed by atoms with Crippen molar-refractivity contribution in [1.82, 2.24) is 19.8 Å². The van der Waals surface area contributed by atoms with Crippen LogP contribution in [0.15, 0.2) is 42.5 Å². The lowest BCUT2D eigenvalue weighted by molar-refractivity contribution is 0.174. The number of hydrogen-bond donors (Lipinski definition) is 0. The van der Waals surface area contributed by atoms with Crippen molar-refractivity contribution in [2.45, 2.75) is 0 Å². The van der Waals surface area contributed by atoms with Crippen molar-refractivity contribution in [3.05, 3.63) is 48.3 Å². The maximum atomic E-state index is 13.1. The molecule has 3 heterocycles. The van der Waals surface area contributed by atoms with Gasteiger partial charge in [0, 0.05) is 11.1 Å². The first kappa shape index (κ1) is 13.4. The zero-order valence-electron chi connectivity index (χ0n) is 12.1. The van der Waals surface area contributed by atoms with Crippen molar-refractivity contribution < 1.29 is 13.9 Å². The number of hydrogen-bond acceptors (Lipinski definition) is 6. The Morgan fingerprint density at radius 2 is 1.75 bits per heavy atom. The fourth-order valence-electron chi connectivity index (χ4n) is 2.54. The van der Waals surface area contributed by atoms with Crippen molar-refractivity contribution in [3.63, 3.8) is 0 Å². The van der Waals surface area contributed by atoms with E-state index < -0.39 is 0 Å². The van der Waals surface area contributed by atoms with Crippen LogP contribution in [0.5, 0.6) is 11.5 Å². The summed E-state index contributed by atoms with van der Waals surface area (Å²) in [5.74, 6) is 1.73. The summed E-state index contributed by atoms with van der Waals surface area (Å²) in [5, 5.41) is 13.7. The highest BCUT2D eigenvalue weighted by atomic mass is 32.1. The molecule has 0 aliphatic carbocycles. The van der Waals surface area contributed by atoms with Crippen molar-refractivity contribution in [2.75, 3.05) is 6.79 Å². The molecule has 0 fully saturated rings. The Morgan fingerprint density at radius 1 is 0.958 bits per heavy atom. The Balaban J connectivity index is 1.61. The molecular weight excluding hydrogens is 331 g/mol. The van der Waals surface area contributed by atoms with Crippen LogP contribution in [0, 0.1) is 5.82 Å². The summed E-state index contributed by atoms with van der Waals surface area (Å²) in [6, 6.07) is 11.8. The number of rotatable bonds is 2. The van der Waals surface area contributed by atoms with Gasteiger partial charge in [0.25, 0.3) is 0 Å². The molecule has 0 bridgehead atoms. The van der Waals surface area contributed by atoms with Gasteiger partial charge < -0.3 is 9.47 Å². The molecule has 5 rings (SSSR count). The second-order valence-electron chi connectivity index (χ2n) is 5.20. The Bertz CT molecular complexity index is 1060. The van der Waals surface area contributed by atoms with Gasteiger partial charge in [-0.3, -0.25) is 0 Å². The number of fused-ring (bicyclic) bond motifs is 2. The van der Waals surface area contributed by atoms with E-state index in [1.807, 2.05) is 18.2 Å². The largest absolute Gasteiger partial charge is 0.454 e. The predicted octanol–water partition coefficient (Wildman–Crippen LogP) is 3.39. The second-order valence-corrected chi connectivity index (χ2v) is 6.16. The first-order chi connectivity index (χ1) is 11.8. The van der Waals surface area contributed by atoms with Gasteiger partial charge in [-0.05, 0) is 42.5 Å². The van der Waals surface area contributed by atoms with Crippen LogP contribution >= 0.6 is 11.3 Å². The van der Waals surface area contributed by atoms with E-state index >= 15 is 0 Å². The van der Waals surface area contributed by atoms with Gasteiger partial charge in [-0.15, -0.1) is 10.2 Å². The average molecular weight is 340 g/mol. The summed E-state index contributed by atoms with van der Waals surface area (Å²) >= 11 is 1.40. The molecule has 2 aromatic heterocycles. The highest BCUT2D eigenvalue weighted by Crippen LogP contribution is 2.36. The lowest BCUT2D eigenvalue weighted by Crippen LogP contribution is -1.93. The number of nitrogens with zero attached hydrogens (tertiary/aromatic N) is 4. The van der Waals surface area contributed by atoms with Crippen molar-refractivity contribution >= 4 is 16.3 Å². The highest BCUT2D eigenvalue weighted by molar-refractivity contribution is 7.19. The minimum absolute atomic E-state index is 0.222. The lowest BCUT2D eigenvalue weighted by Gasteiger charge is -2.00. The molecule has 118 valence electrons. The predicted molar refractivity (Wildman–Crippen MR) is 85.6 cm³/mol. The molecule has 0 atom stereocenters. The minimum Gasteiger partial charge on any atom is -0.454 e. The molecular formula is C16H9FN4O2S. The fourth-order valence-corrected chi connectivity index (χ4v) is 3.39. The van der Waals surface area contributed by atoms with Crippen LogP contribution in [-0.4, -0.2) is 26.6 Å². The van der Waals surface area contributed by atoms with Crippen LogP contribution in [-0.2, 0) is 0 Å². The molecule has 1 aliphatic heterocycles. The minimum atomic E-state index is -0.275. The first-order valence-corrected chi connectivity index (χ1v) is 7.98. The molecule has 1 aliphatic rings. The van der Waals surface area contributed by atoms with E-state index in [4.69, 9.17) is 9.47 Å². The molecule has 0 N–H and O–H groups in total. The number of aromatic nitrogens is 4. The quantitative estimate of drug-likeness (QED) is 0.560. The zero-order valence-corrected chi connectivity index (χ0v) is 13.0. The van der Waals surface area contributed by atoms with Crippen LogP contribution in [0.25, 0.3) is 26.9 Å². The van der Waals surface area contributed by atoms with Crippen molar-refractivity contribution in [3.8, 4) is 33.5 Å².